The Kier molecular flexibility index (Phi) is 3.90. The molecule has 0 bridgehead atoms. The van der Waals surface area contributed by atoms with E-state index in [-0.39, 0.29) is 18.3 Å². The fourth-order valence-corrected chi connectivity index (χ4v) is 1.69. The number of nitrogens with one attached hydrogen (secondary N) is 1. The highest BCUT2D eigenvalue weighted by atomic mass is 35.5. The number of methoxy groups -OCH3 is 1. The topological polar surface area (TPSA) is 55.4 Å². The molecule has 1 aromatic rings. The number of halogens is 1. The summed E-state index contributed by atoms with van der Waals surface area (Å²) >= 11 is 0. The second-order valence-electron chi connectivity index (χ2n) is 3.43. The lowest BCUT2D eigenvalue weighted by Gasteiger charge is -2.22. The number of amides is 1. The lowest BCUT2D eigenvalue weighted by molar-refractivity contribution is -0.148. The number of benzene rings is 1. The van der Waals surface area contributed by atoms with E-state index in [0.717, 1.165) is 11.3 Å². The molecule has 1 aliphatic rings. The normalized spacial score (nSPS) is 17.8. The summed E-state index contributed by atoms with van der Waals surface area (Å²) in [5, 5.41) is 2.69. The van der Waals surface area contributed by atoms with Crippen LogP contribution in [0.3, 0.4) is 0 Å². The number of carbonyl (C=O) groups is 2. The van der Waals surface area contributed by atoms with Gasteiger partial charge in [-0.25, -0.2) is 0 Å². The Balaban J connectivity index is 0.00000128. The van der Waals surface area contributed by atoms with Crippen molar-refractivity contribution in [3.8, 4) is 0 Å². The number of esters is 1. The van der Waals surface area contributed by atoms with Crippen molar-refractivity contribution in [2.24, 2.45) is 5.92 Å². The lowest BCUT2D eigenvalue weighted by Crippen LogP contribution is -2.36. The molecule has 1 amide bonds. The van der Waals surface area contributed by atoms with Gasteiger partial charge in [0.05, 0.1) is 7.11 Å². The van der Waals surface area contributed by atoms with Crippen molar-refractivity contribution < 1.29 is 14.3 Å². The maximum atomic E-state index is 11.5. The molecule has 0 aliphatic carbocycles. The molecule has 0 fully saturated rings. The Bertz CT molecular complexity index is 419. The second-order valence-corrected chi connectivity index (χ2v) is 3.43. The van der Waals surface area contributed by atoms with E-state index >= 15 is 0 Å². The van der Waals surface area contributed by atoms with Crippen molar-refractivity contribution in [3.63, 3.8) is 0 Å². The minimum atomic E-state index is -0.718. The molecule has 1 aromatic carbocycles. The molecule has 5 heteroatoms. The standard InChI is InChI=1S/C11H11NO3.ClH/c1-15-11(14)8-6-7-4-2-3-5-9(7)12-10(8)13;/h2-5,8H,6H2,1H3,(H,12,13);1H. The first kappa shape index (κ1) is 12.5. The largest absolute Gasteiger partial charge is 0.468 e. The predicted octanol–water partition coefficient (Wildman–Crippen LogP) is 1.39. The van der Waals surface area contributed by atoms with Crippen LogP contribution in [0.25, 0.3) is 0 Å². The quantitative estimate of drug-likeness (QED) is 0.597. The van der Waals surface area contributed by atoms with Crippen molar-refractivity contribution in [1.82, 2.24) is 0 Å². The maximum Gasteiger partial charge on any atom is 0.318 e. The molecule has 1 heterocycles. The minimum Gasteiger partial charge on any atom is -0.468 e. The van der Waals surface area contributed by atoms with Gasteiger partial charge in [-0.05, 0) is 18.1 Å². The summed E-state index contributed by atoms with van der Waals surface area (Å²) < 4.78 is 4.58. The van der Waals surface area contributed by atoms with Crippen LogP contribution in [0.4, 0.5) is 5.69 Å². The summed E-state index contributed by atoms with van der Waals surface area (Å²) in [5.41, 5.74) is 1.75. The maximum absolute atomic E-state index is 11.5. The van der Waals surface area contributed by atoms with E-state index in [4.69, 9.17) is 0 Å². The van der Waals surface area contributed by atoms with Gasteiger partial charge in [0.2, 0.25) is 5.91 Å². The number of anilines is 1. The summed E-state index contributed by atoms with van der Waals surface area (Å²) in [6.45, 7) is 0. The van der Waals surface area contributed by atoms with Gasteiger partial charge in [0, 0.05) is 5.69 Å². The van der Waals surface area contributed by atoms with Crippen LogP contribution in [0.1, 0.15) is 5.56 Å². The van der Waals surface area contributed by atoms with Crippen molar-refractivity contribution >= 4 is 30.0 Å². The highest BCUT2D eigenvalue weighted by Crippen LogP contribution is 2.25. The molecular formula is C11H12ClNO3. The third-order valence-electron chi connectivity index (χ3n) is 2.50. The molecule has 2 rings (SSSR count). The van der Waals surface area contributed by atoms with Gasteiger partial charge >= 0.3 is 5.97 Å². The van der Waals surface area contributed by atoms with E-state index < -0.39 is 11.9 Å². The van der Waals surface area contributed by atoms with E-state index in [1.807, 2.05) is 24.3 Å². The molecule has 0 saturated carbocycles. The van der Waals surface area contributed by atoms with Gasteiger partial charge in [-0.1, -0.05) is 18.2 Å². The van der Waals surface area contributed by atoms with Crippen LogP contribution in [0.5, 0.6) is 0 Å². The van der Waals surface area contributed by atoms with Gasteiger partial charge in [0.25, 0.3) is 0 Å². The van der Waals surface area contributed by atoms with Crippen molar-refractivity contribution in [2.75, 3.05) is 12.4 Å². The zero-order valence-electron chi connectivity index (χ0n) is 8.73. The zero-order valence-corrected chi connectivity index (χ0v) is 9.54. The number of carbonyl (C=O) groups excluding carboxylic acids is 2. The van der Waals surface area contributed by atoms with E-state index in [1.54, 1.807) is 0 Å². The summed E-state index contributed by atoms with van der Waals surface area (Å²) in [6.07, 6.45) is 0.411. The third kappa shape index (κ3) is 2.17. The number of ether oxygens (including phenoxy) is 1. The summed E-state index contributed by atoms with van der Waals surface area (Å²) in [7, 11) is 1.29. The summed E-state index contributed by atoms with van der Waals surface area (Å²) in [5.74, 6) is -1.49. The Morgan fingerprint density at radius 2 is 2.12 bits per heavy atom. The average molecular weight is 242 g/mol. The molecule has 0 radical (unpaired) electrons. The van der Waals surface area contributed by atoms with Crippen LogP contribution in [0, 0.1) is 5.92 Å². The van der Waals surface area contributed by atoms with E-state index in [2.05, 4.69) is 10.1 Å². The molecule has 0 spiro atoms. The minimum absolute atomic E-state index is 0. The van der Waals surface area contributed by atoms with Gasteiger partial charge in [-0.15, -0.1) is 12.4 Å². The van der Waals surface area contributed by atoms with Crippen molar-refractivity contribution in [2.45, 2.75) is 6.42 Å². The Labute approximate surface area is 99.4 Å². The Morgan fingerprint density at radius 1 is 1.44 bits per heavy atom. The molecule has 1 atom stereocenters. The van der Waals surface area contributed by atoms with Crippen LogP contribution in [-0.4, -0.2) is 19.0 Å². The third-order valence-corrected chi connectivity index (χ3v) is 2.50. The Hall–Kier alpha value is -1.55. The van der Waals surface area contributed by atoms with Gasteiger partial charge in [0.15, 0.2) is 0 Å². The van der Waals surface area contributed by atoms with E-state index in [1.165, 1.54) is 7.11 Å². The van der Waals surface area contributed by atoms with Crippen molar-refractivity contribution in [3.05, 3.63) is 29.8 Å². The fourth-order valence-electron chi connectivity index (χ4n) is 1.69. The molecule has 4 nitrogen and oxygen atoms in total. The van der Waals surface area contributed by atoms with Gasteiger partial charge in [-0.2, -0.15) is 0 Å². The smallest absolute Gasteiger partial charge is 0.318 e. The van der Waals surface area contributed by atoms with Crippen molar-refractivity contribution in [1.29, 1.82) is 0 Å². The summed E-state index contributed by atoms with van der Waals surface area (Å²) in [4.78, 5) is 22.8. The van der Waals surface area contributed by atoms with E-state index in [9.17, 15) is 9.59 Å². The van der Waals surface area contributed by atoms with Crippen LogP contribution in [0.2, 0.25) is 0 Å². The highest BCUT2D eigenvalue weighted by molar-refractivity contribution is 6.07. The first-order valence-electron chi connectivity index (χ1n) is 4.69. The number of fused-ring (bicyclic) bond motifs is 1. The lowest BCUT2D eigenvalue weighted by atomic mass is 9.93. The molecule has 1 unspecified atom stereocenters. The van der Waals surface area contributed by atoms with E-state index in [0.29, 0.717) is 6.42 Å². The van der Waals surface area contributed by atoms with Crippen LogP contribution in [-0.2, 0) is 20.7 Å². The van der Waals surface area contributed by atoms with Crippen LogP contribution >= 0.6 is 12.4 Å². The predicted molar refractivity (Wildman–Crippen MR) is 61.5 cm³/mol. The van der Waals surface area contributed by atoms with Crippen LogP contribution in [0.15, 0.2) is 24.3 Å². The SMILES string of the molecule is COC(=O)C1Cc2ccccc2NC1=O.Cl. The Morgan fingerprint density at radius 3 is 2.81 bits per heavy atom. The fraction of sp³-hybridized carbons (Fsp3) is 0.273. The van der Waals surface area contributed by atoms with Gasteiger partial charge < -0.3 is 10.1 Å². The number of rotatable bonds is 1. The average Bonchev–Trinajstić information content (AvgIpc) is 2.27. The second kappa shape index (κ2) is 4.99. The van der Waals surface area contributed by atoms with Gasteiger partial charge in [0.1, 0.15) is 5.92 Å². The molecule has 0 saturated heterocycles. The number of hydrogen-bond donors (Lipinski definition) is 1. The molecule has 1 aliphatic heterocycles. The molecule has 1 N–H and O–H groups in total. The first-order chi connectivity index (χ1) is 7.22. The number of para-hydroxylation sites is 1. The van der Waals surface area contributed by atoms with Gasteiger partial charge in [-0.3, -0.25) is 9.59 Å². The van der Waals surface area contributed by atoms with Crippen LogP contribution < -0.4 is 5.32 Å². The summed E-state index contributed by atoms with van der Waals surface area (Å²) in [6, 6.07) is 7.44. The molecule has 86 valence electrons. The number of hydrogen-bond acceptors (Lipinski definition) is 3. The highest BCUT2D eigenvalue weighted by Gasteiger charge is 2.32. The molecular weight excluding hydrogens is 230 g/mol. The monoisotopic (exact) mass is 241 g/mol. The zero-order chi connectivity index (χ0) is 10.8. The molecule has 0 aromatic heterocycles. The first-order valence-corrected chi connectivity index (χ1v) is 4.69. The molecule has 16 heavy (non-hydrogen) atoms.